The fraction of sp³-hybridized carbons (Fsp3) is 0.263. The first-order chi connectivity index (χ1) is 12.7. The molecule has 1 N–H and O–H groups in total. The molecule has 2 aromatic carbocycles. The van der Waals surface area contributed by atoms with Gasteiger partial charge in [0.2, 0.25) is 0 Å². The Morgan fingerprint density at radius 3 is 2.77 bits per heavy atom. The van der Waals surface area contributed by atoms with E-state index in [1.165, 1.54) is 0 Å². The van der Waals surface area contributed by atoms with Crippen LogP contribution >= 0.6 is 0 Å². The number of nitrogens with zero attached hydrogens (tertiary/aromatic N) is 4. The van der Waals surface area contributed by atoms with Gasteiger partial charge in [-0.2, -0.15) is 0 Å². The Balaban J connectivity index is 1.51. The van der Waals surface area contributed by atoms with E-state index in [0.29, 0.717) is 23.9 Å². The number of aromatic nitrogens is 4. The van der Waals surface area contributed by atoms with E-state index in [4.69, 9.17) is 4.74 Å². The first-order valence-corrected chi connectivity index (χ1v) is 8.67. The summed E-state index contributed by atoms with van der Waals surface area (Å²) < 4.78 is 7.25. The Kier molecular flexibility index (Phi) is 4.35. The number of nitrogens with one attached hydrogen (secondary N) is 1. The van der Waals surface area contributed by atoms with Crippen LogP contribution < -0.4 is 10.1 Å². The molecule has 132 valence electrons. The van der Waals surface area contributed by atoms with Crippen molar-refractivity contribution in [1.29, 1.82) is 0 Å². The minimum atomic E-state index is -0.174. The van der Waals surface area contributed by atoms with Crippen molar-refractivity contribution in [3.05, 3.63) is 54.1 Å². The summed E-state index contributed by atoms with van der Waals surface area (Å²) in [5.41, 5.74) is 2.15. The van der Waals surface area contributed by atoms with E-state index in [-0.39, 0.29) is 5.91 Å². The third-order valence-electron chi connectivity index (χ3n) is 4.19. The van der Waals surface area contributed by atoms with Gasteiger partial charge in [-0.3, -0.25) is 4.79 Å². The first-order valence-electron chi connectivity index (χ1n) is 8.67. The van der Waals surface area contributed by atoms with E-state index >= 15 is 0 Å². The molecule has 0 atom stereocenters. The molecule has 1 saturated carbocycles. The van der Waals surface area contributed by atoms with Gasteiger partial charge < -0.3 is 10.1 Å². The molecule has 3 aromatic rings. The van der Waals surface area contributed by atoms with Crippen molar-refractivity contribution >= 4 is 11.6 Å². The van der Waals surface area contributed by atoms with E-state index < -0.39 is 0 Å². The molecule has 26 heavy (non-hydrogen) atoms. The second kappa shape index (κ2) is 6.95. The highest BCUT2D eigenvalue weighted by Gasteiger charge is 2.28. The second-order valence-electron chi connectivity index (χ2n) is 6.17. The summed E-state index contributed by atoms with van der Waals surface area (Å²) in [6, 6.07) is 15.0. The Bertz CT molecular complexity index is 916. The molecule has 0 aliphatic heterocycles. The quantitative estimate of drug-likeness (QED) is 0.738. The zero-order chi connectivity index (χ0) is 17.9. The summed E-state index contributed by atoms with van der Waals surface area (Å²) in [7, 11) is 0. The molecule has 0 radical (unpaired) electrons. The number of anilines is 1. The van der Waals surface area contributed by atoms with E-state index in [0.717, 1.165) is 30.0 Å². The number of tetrazole rings is 1. The lowest BCUT2D eigenvalue weighted by Crippen LogP contribution is -2.12. The van der Waals surface area contributed by atoms with Crippen LogP contribution in [0.4, 0.5) is 5.69 Å². The van der Waals surface area contributed by atoms with Crippen LogP contribution in [0.25, 0.3) is 11.4 Å². The van der Waals surface area contributed by atoms with Gasteiger partial charge in [0, 0.05) is 16.8 Å². The third kappa shape index (κ3) is 3.42. The van der Waals surface area contributed by atoms with Crippen LogP contribution in [0.1, 0.15) is 36.2 Å². The van der Waals surface area contributed by atoms with Crippen molar-refractivity contribution in [1.82, 2.24) is 20.2 Å². The van der Waals surface area contributed by atoms with E-state index in [2.05, 4.69) is 20.8 Å². The molecule has 0 bridgehead atoms. The first kappa shape index (κ1) is 16.3. The second-order valence-corrected chi connectivity index (χ2v) is 6.17. The van der Waals surface area contributed by atoms with Crippen molar-refractivity contribution in [3.8, 4) is 17.1 Å². The lowest BCUT2D eigenvalue weighted by molar-refractivity contribution is 0.102. The van der Waals surface area contributed by atoms with Crippen LogP contribution in [0.5, 0.6) is 5.75 Å². The largest absolute Gasteiger partial charge is 0.494 e. The average molecular weight is 349 g/mol. The molecule has 4 rings (SSSR count). The van der Waals surface area contributed by atoms with Gasteiger partial charge in [0.1, 0.15) is 5.75 Å². The number of benzene rings is 2. The lowest BCUT2D eigenvalue weighted by atomic mass is 10.1. The van der Waals surface area contributed by atoms with Crippen molar-refractivity contribution in [3.63, 3.8) is 0 Å². The molecule has 1 amide bonds. The van der Waals surface area contributed by atoms with Crippen molar-refractivity contribution in [2.45, 2.75) is 25.8 Å². The fourth-order valence-electron chi connectivity index (χ4n) is 2.76. The van der Waals surface area contributed by atoms with Gasteiger partial charge in [0.05, 0.1) is 12.6 Å². The number of hydrogen-bond donors (Lipinski definition) is 1. The summed E-state index contributed by atoms with van der Waals surface area (Å²) in [6.45, 7) is 2.52. The monoisotopic (exact) mass is 349 g/mol. The van der Waals surface area contributed by atoms with Gasteiger partial charge in [-0.05, 0) is 66.6 Å². The summed E-state index contributed by atoms with van der Waals surface area (Å²) in [6.07, 6.45) is 2.21. The molecule has 1 heterocycles. The Morgan fingerprint density at radius 2 is 2.04 bits per heavy atom. The lowest BCUT2D eigenvalue weighted by Gasteiger charge is -2.08. The SMILES string of the molecule is CCOc1ccc(C(=O)Nc2cccc(-c3nnnn3C3CC3)c2)cc1. The molecule has 7 heteroatoms. The average Bonchev–Trinajstić information content (AvgIpc) is 3.39. The van der Waals surface area contributed by atoms with Crippen molar-refractivity contribution in [2.75, 3.05) is 11.9 Å². The smallest absolute Gasteiger partial charge is 0.255 e. The highest BCUT2D eigenvalue weighted by atomic mass is 16.5. The van der Waals surface area contributed by atoms with E-state index in [9.17, 15) is 4.79 Å². The standard InChI is InChI=1S/C19H19N5O2/c1-2-26-17-10-6-13(7-11-17)19(25)20-15-5-3-4-14(12-15)18-21-22-23-24(18)16-8-9-16/h3-7,10-12,16H,2,8-9H2,1H3,(H,20,25). The van der Waals surface area contributed by atoms with Gasteiger partial charge in [0.15, 0.2) is 5.82 Å². The Hall–Kier alpha value is -3.22. The fourth-order valence-corrected chi connectivity index (χ4v) is 2.76. The van der Waals surface area contributed by atoms with Gasteiger partial charge >= 0.3 is 0 Å². The summed E-state index contributed by atoms with van der Waals surface area (Å²) in [4.78, 5) is 12.5. The maximum absolute atomic E-state index is 12.5. The number of carbonyl (C=O) groups excluding carboxylic acids is 1. The third-order valence-corrected chi connectivity index (χ3v) is 4.19. The number of hydrogen-bond acceptors (Lipinski definition) is 5. The van der Waals surface area contributed by atoms with E-state index in [1.807, 2.05) is 35.9 Å². The number of amides is 1. The molecule has 1 aliphatic rings. The van der Waals surface area contributed by atoms with Crippen LogP contribution in [-0.4, -0.2) is 32.7 Å². The van der Waals surface area contributed by atoms with Gasteiger partial charge in [0.25, 0.3) is 5.91 Å². The zero-order valence-electron chi connectivity index (χ0n) is 14.4. The minimum Gasteiger partial charge on any atom is -0.494 e. The van der Waals surface area contributed by atoms with Gasteiger partial charge in [-0.1, -0.05) is 12.1 Å². The molecule has 0 unspecified atom stereocenters. The number of carbonyl (C=O) groups is 1. The van der Waals surface area contributed by atoms with Crippen LogP contribution in [0.3, 0.4) is 0 Å². The molecule has 1 aliphatic carbocycles. The molecule has 0 saturated heterocycles. The number of rotatable bonds is 6. The zero-order valence-corrected chi connectivity index (χ0v) is 14.4. The molecular weight excluding hydrogens is 330 g/mol. The van der Waals surface area contributed by atoms with Crippen LogP contribution in [0.15, 0.2) is 48.5 Å². The van der Waals surface area contributed by atoms with Crippen LogP contribution in [-0.2, 0) is 0 Å². The predicted molar refractivity (Wildman–Crippen MR) is 97.1 cm³/mol. The van der Waals surface area contributed by atoms with Crippen LogP contribution in [0.2, 0.25) is 0 Å². The van der Waals surface area contributed by atoms with E-state index in [1.54, 1.807) is 24.3 Å². The summed E-state index contributed by atoms with van der Waals surface area (Å²) in [5.74, 6) is 1.30. The van der Waals surface area contributed by atoms with Gasteiger partial charge in [-0.25, -0.2) is 4.68 Å². The maximum Gasteiger partial charge on any atom is 0.255 e. The topological polar surface area (TPSA) is 81.9 Å². The molecule has 1 aromatic heterocycles. The highest BCUT2D eigenvalue weighted by Crippen LogP contribution is 2.36. The maximum atomic E-state index is 12.5. The summed E-state index contributed by atoms with van der Waals surface area (Å²) >= 11 is 0. The highest BCUT2D eigenvalue weighted by molar-refractivity contribution is 6.04. The van der Waals surface area contributed by atoms with Gasteiger partial charge in [-0.15, -0.1) is 5.10 Å². The van der Waals surface area contributed by atoms with Crippen LogP contribution in [0, 0.1) is 0 Å². The molecule has 7 nitrogen and oxygen atoms in total. The molecule has 0 spiro atoms. The van der Waals surface area contributed by atoms with Crippen molar-refractivity contribution < 1.29 is 9.53 Å². The Morgan fingerprint density at radius 1 is 1.23 bits per heavy atom. The van der Waals surface area contributed by atoms with Crippen molar-refractivity contribution in [2.24, 2.45) is 0 Å². The molecular formula is C19H19N5O2. The predicted octanol–water partition coefficient (Wildman–Crippen LogP) is 3.33. The Labute approximate surface area is 151 Å². The minimum absolute atomic E-state index is 0.174. The number of ether oxygens (including phenoxy) is 1. The summed E-state index contributed by atoms with van der Waals surface area (Å²) in [5, 5.41) is 14.9. The molecule has 1 fully saturated rings. The normalized spacial score (nSPS) is 13.4.